The maximum absolute atomic E-state index is 12.7. The molecule has 0 amide bonds. The molecule has 5 aromatic rings. The standard InChI is InChI=1S/C22H17ClN4O2S2/c23-18-8-5-16(6-9-18)21-25-22-27(26-21)19(14-30-22)11-12-24-31(28,29)20-10-7-15-3-1-2-4-17(15)13-20/h1-10,13-14,24H,11-12H2. The van der Waals surface area contributed by atoms with Gasteiger partial charge in [-0.2, -0.15) is 4.98 Å². The number of sulfonamides is 1. The summed E-state index contributed by atoms with van der Waals surface area (Å²) in [5.41, 5.74) is 1.78. The third-order valence-electron chi connectivity index (χ3n) is 4.96. The van der Waals surface area contributed by atoms with E-state index in [2.05, 4.69) is 14.8 Å². The number of nitrogens with zero attached hydrogens (tertiary/aromatic N) is 3. The van der Waals surface area contributed by atoms with Crippen LogP contribution in [0.2, 0.25) is 5.02 Å². The summed E-state index contributed by atoms with van der Waals surface area (Å²) in [5, 5.41) is 9.08. The molecule has 0 aliphatic carbocycles. The molecule has 0 saturated carbocycles. The van der Waals surface area contributed by atoms with E-state index in [-0.39, 0.29) is 11.4 Å². The van der Waals surface area contributed by atoms with Gasteiger partial charge in [0.25, 0.3) is 0 Å². The molecule has 0 radical (unpaired) electrons. The van der Waals surface area contributed by atoms with Crippen LogP contribution in [0.25, 0.3) is 27.1 Å². The van der Waals surface area contributed by atoms with Gasteiger partial charge in [-0.3, -0.25) is 0 Å². The van der Waals surface area contributed by atoms with Gasteiger partial charge >= 0.3 is 0 Å². The molecule has 5 rings (SSSR count). The third-order valence-corrected chi connectivity index (χ3v) is 7.53. The van der Waals surface area contributed by atoms with Gasteiger partial charge in [0.1, 0.15) is 0 Å². The summed E-state index contributed by atoms with van der Waals surface area (Å²) < 4.78 is 29.9. The minimum absolute atomic E-state index is 0.257. The Hall–Kier alpha value is -2.78. The number of thiazole rings is 1. The van der Waals surface area contributed by atoms with Crippen molar-refractivity contribution in [3.8, 4) is 11.4 Å². The van der Waals surface area contributed by atoms with Crippen molar-refractivity contribution in [2.45, 2.75) is 11.3 Å². The number of nitrogens with one attached hydrogen (secondary N) is 1. The van der Waals surface area contributed by atoms with Crippen LogP contribution in [0.4, 0.5) is 0 Å². The highest BCUT2D eigenvalue weighted by Crippen LogP contribution is 2.23. The zero-order valence-electron chi connectivity index (χ0n) is 16.2. The van der Waals surface area contributed by atoms with Gasteiger partial charge in [-0.25, -0.2) is 17.7 Å². The van der Waals surface area contributed by atoms with E-state index in [4.69, 9.17) is 11.6 Å². The monoisotopic (exact) mass is 468 g/mol. The number of fused-ring (bicyclic) bond motifs is 2. The van der Waals surface area contributed by atoms with Crippen LogP contribution in [0.5, 0.6) is 0 Å². The molecule has 31 heavy (non-hydrogen) atoms. The van der Waals surface area contributed by atoms with Crippen molar-refractivity contribution in [2.75, 3.05) is 6.54 Å². The predicted octanol–water partition coefficient (Wildman–Crippen LogP) is 4.79. The molecule has 0 saturated heterocycles. The Balaban J connectivity index is 1.31. The smallest absolute Gasteiger partial charge is 0.211 e. The maximum Gasteiger partial charge on any atom is 0.240 e. The molecule has 0 bridgehead atoms. The topological polar surface area (TPSA) is 76.4 Å². The van der Waals surface area contributed by atoms with E-state index in [1.807, 2.05) is 47.8 Å². The van der Waals surface area contributed by atoms with Gasteiger partial charge in [0.15, 0.2) is 5.82 Å². The van der Waals surface area contributed by atoms with Gasteiger partial charge in [-0.15, -0.1) is 16.4 Å². The number of benzene rings is 3. The largest absolute Gasteiger partial charge is 0.240 e. The van der Waals surface area contributed by atoms with Crippen molar-refractivity contribution in [2.24, 2.45) is 0 Å². The van der Waals surface area contributed by atoms with E-state index < -0.39 is 10.0 Å². The Kier molecular flexibility index (Phi) is 5.23. The highest BCUT2D eigenvalue weighted by atomic mass is 35.5. The van der Waals surface area contributed by atoms with E-state index in [0.29, 0.717) is 17.3 Å². The molecule has 1 N–H and O–H groups in total. The first kappa shape index (κ1) is 20.1. The summed E-state index contributed by atoms with van der Waals surface area (Å²) in [7, 11) is -3.60. The van der Waals surface area contributed by atoms with Crippen LogP contribution >= 0.6 is 22.9 Å². The lowest BCUT2D eigenvalue weighted by Gasteiger charge is -2.07. The zero-order valence-corrected chi connectivity index (χ0v) is 18.6. The fourth-order valence-corrected chi connectivity index (χ4v) is 5.40. The Labute approximate surface area is 188 Å². The SMILES string of the molecule is O=S(=O)(NCCc1csc2nc(-c3ccc(Cl)cc3)nn12)c1ccc2ccccc2c1. The van der Waals surface area contributed by atoms with E-state index in [1.54, 1.807) is 28.8 Å². The van der Waals surface area contributed by atoms with E-state index in [1.165, 1.54) is 11.3 Å². The number of aromatic nitrogens is 3. The van der Waals surface area contributed by atoms with Gasteiger partial charge in [-0.05, 0) is 47.2 Å². The number of hydrogen-bond acceptors (Lipinski definition) is 5. The summed E-state index contributed by atoms with van der Waals surface area (Å²) in [6, 6.07) is 20.2. The molecule has 0 aliphatic heterocycles. The number of hydrogen-bond donors (Lipinski definition) is 1. The van der Waals surface area contributed by atoms with Gasteiger partial charge < -0.3 is 0 Å². The van der Waals surface area contributed by atoms with Crippen molar-refractivity contribution in [3.63, 3.8) is 0 Å². The maximum atomic E-state index is 12.7. The second-order valence-electron chi connectivity index (χ2n) is 7.02. The molecule has 3 aromatic carbocycles. The quantitative estimate of drug-likeness (QED) is 0.389. The molecule has 0 atom stereocenters. The minimum Gasteiger partial charge on any atom is -0.211 e. The minimum atomic E-state index is -3.60. The average molecular weight is 469 g/mol. The lowest BCUT2D eigenvalue weighted by Crippen LogP contribution is -2.26. The Morgan fingerprint density at radius 3 is 2.58 bits per heavy atom. The normalized spacial score (nSPS) is 12.0. The fourth-order valence-electron chi connectivity index (χ4n) is 3.35. The van der Waals surface area contributed by atoms with Crippen LogP contribution in [0, 0.1) is 0 Å². The number of rotatable bonds is 6. The first-order chi connectivity index (χ1) is 15.0. The van der Waals surface area contributed by atoms with E-state index >= 15 is 0 Å². The summed E-state index contributed by atoms with van der Waals surface area (Å²) in [6.45, 7) is 0.261. The fraction of sp³-hybridized carbons (Fsp3) is 0.0909. The second-order valence-corrected chi connectivity index (χ2v) is 10.1. The van der Waals surface area contributed by atoms with Gasteiger partial charge in [0, 0.05) is 28.9 Å². The first-order valence-corrected chi connectivity index (χ1v) is 12.3. The highest BCUT2D eigenvalue weighted by Gasteiger charge is 2.16. The molecule has 6 nitrogen and oxygen atoms in total. The third kappa shape index (κ3) is 4.07. The molecular weight excluding hydrogens is 452 g/mol. The highest BCUT2D eigenvalue weighted by molar-refractivity contribution is 7.89. The zero-order chi connectivity index (χ0) is 21.4. The van der Waals surface area contributed by atoms with Crippen molar-refractivity contribution in [3.05, 3.63) is 82.8 Å². The van der Waals surface area contributed by atoms with Crippen molar-refractivity contribution < 1.29 is 8.42 Å². The number of halogens is 1. The molecule has 2 aromatic heterocycles. The van der Waals surface area contributed by atoms with E-state index in [0.717, 1.165) is 27.0 Å². The molecule has 0 fully saturated rings. The molecule has 0 spiro atoms. The van der Waals surface area contributed by atoms with E-state index in [9.17, 15) is 8.42 Å². The van der Waals surface area contributed by atoms with Gasteiger partial charge in [0.2, 0.25) is 15.0 Å². The van der Waals surface area contributed by atoms with Crippen LogP contribution in [0.1, 0.15) is 5.69 Å². The average Bonchev–Trinajstić information content (AvgIpc) is 3.35. The Morgan fingerprint density at radius 2 is 1.77 bits per heavy atom. The van der Waals surface area contributed by atoms with Crippen LogP contribution in [0.3, 0.4) is 0 Å². The molecule has 0 unspecified atom stereocenters. The van der Waals surface area contributed by atoms with Gasteiger partial charge in [-0.1, -0.05) is 41.9 Å². The van der Waals surface area contributed by atoms with Crippen LogP contribution in [-0.2, 0) is 16.4 Å². The Bertz CT molecular complexity index is 1490. The molecule has 156 valence electrons. The van der Waals surface area contributed by atoms with Gasteiger partial charge in [0.05, 0.1) is 10.6 Å². The first-order valence-electron chi connectivity index (χ1n) is 9.57. The van der Waals surface area contributed by atoms with Crippen molar-refractivity contribution in [1.29, 1.82) is 0 Å². The second kappa shape index (κ2) is 8.05. The molecule has 9 heteroatoms. The summed E-state index contributed by atoms with van der Waals surface area (Å²) in [6.07, 6.45) is 0.496. The summed E-state index contributed by atoms with van der Waals surface area (Å²) >= 11 is 7.42. The summed E-state index contributed by atoms with van der Waals surface area (Å²) in [5.74, 6) is 0.613. The van der Waals surface area contributed by atoms with Crippen molar-refractivity contribution >= 4 is 48.7 Å². The summed E-state index contributed by atoms with van der Waals surface area (Å²) in [4.78, 5) is 5.57. The van der Waals surface area contributed by atoms with Crippen LogP contribution < -0.4 is 4.72 Å². The lowest BCUT2D eigenvalue weighted by molar-refractivity contribution is 0.581. The van der Waals surface area contributed by atoms with Crippen LogP contribution in [0.15, 0.2) is 77.0 Å². The molecule has 0 aliphatic rings. The van der Waals surface area contributed by atoms with Crippen LogP contribution in [-0.4, -0.2) is 29.6 Å². The predicted molar refractivity (Wildman–Crippen MR) is 124 cm³/mol. The van der Waals surface area contributed by atoms with Crippen molar-refractivity contribution in [1.82, 2.24) is 19.3 Å². The molecule has 2 heterocycles. The lowest BCUT2D eigenvalue weighted by atomic mass is 10.1. The molecular formula is C22H17ClN4O2S2. The Morgan fingerprint density at radius 1 is 1.00 bits per heavy atom.